The molecule has 1 amide bonds. The van der Waals surface area contributed by atoms with E-state index in [4.69, 9.17) is 9.57 Å². The van der Waals surface area contributed by atoms with Gasteiger partial charge >= 0.3 is 0 Å². The second kappa shape index (κ2) is 7.11. The van der Waals surface area contributed by atoms with Crippen molar-refractivity contribution in [2.75, 3.05) is 19.7 Å². The number of rotatable bonds is 5. The lowest BCUT2D eigenvalue weighted by Crippen LogP contribution is -2.34. The first-order valence-corrected chi connectivity index (χ1v) is 8.14. The van der Waals surface area contributed by atoms with Crippen LogP contribution in [0.2, 0.25) is 0 Å². The molecule has 22 heavy (non-hydrogen) atoms. The van der Waals surface area contributed by atoms with Crippen molar-refractivity contribution < 1.29 is 14.4 Å². The van der Waals surface area contributed by atoms with Crippen LogP contribution in [0.15, 0.2) is 18.2 Å². The average Bonchev–Trinajstić information content (AvgIpc) is 2.91. The summed E-state index contributed by atoms with van der Waals surface area (Å²) in [7, 11) is 0. The lowest BCUT2D eigenvalue weighted by Gasteiger charge is -2.25. The molecular formula is C17H24N2O3. The number of ether oxygens (including phenoxy) is 1. The van der Waals surface area contributed by atoms with E-state index in [1.54, 1.807) is 0 Å². The first-order chi connectivity index (χ1) is 10.7. The maximum Gasteiger partial charge on any atom is 0.221 e. The highest BCUT2D eigenvalue weighted by atomic mass is 16.7. The predicted molar refractivity (Wildman–Crippen MR) is 83.5 cm³/mol. The first-order valence-electron chi connectivity index (χ1n) is 8.14. The van der Waals surface area contributed by atoms with E-state index in [2.05, 4.69) is 18.3 Å². The third-order valence-corrected chi connectivity index (χ3v) is 4.11. The zero-order chi connectivity index (χ0) is 15.4. The molecule has 5 heteroatoms. The zero-order valence-electron chi connectivity index (χ0n) is 13.1. The number of carbonyl (C=O) groups is 1. The third-order valence-electron chi connectivity index (χ3n) is 4.11. The minimum Gasteiger partial charge on any atom is -0.490 e. The number of nitrogens with zero attached hydrogens (tertiary/aromatic N) is 1. The molecule has 1 atom stereocenters. The van der Waals surface area contributed by atoms with Gasteiger partial charge in [-0.3, -0.25) is 9.63 Å². The summed E-state index contributed by atoms with van der Waals surface area (Å²) in [6.07, 6.45) is 3.94. The van der Waals surface area contributed by atoms with Gasteiger partial charge in [0.25, 0.3) is 0 Å². The highest BCUT2D eigenvalue weighted by molar-refractivity contribution is 5.76. The summed E-state index contributed by atoms with van der Waals surface area (Å²) in [5.41, 5.74) is 2.36. The largest absolute Gasteiger partial charge is 0.490 e. The molecule has 2 aliphatic heterocycles. The Hall–Kier alpha value is -1.59. The highest BCUT2D eigenvalue weighted by Crippen LogP contribution is 2.29. The molecule has 0 saturated carbocycles. The van der Waals surface area contributed by atoms with E-state index < -0.39 is 0 Å². The Balaban J connectivity index is 1.42. The van der Waals surface area contributed by atoms with Crippen molar-refractivity contribution in [2.24, 2.45) is 0 Å². The summed E-state index contributed by atoms with van der Waals surface area (Å²) in [4.78, 5) is 17.4. The standard InChI is InChI=1S/C17H24N2O3/c1-13-10-15-11-14(4-5-16(15)22-13)12-18-17(20)6-8-19-7-2-3-9-21-19/h4-5,11,13H,2-3,6-10,12H2,1H3,(H,18,20)/t13-/m0/s1. The van der Waals surface area contributed by atoms with Gasteiger partial charge in [0.1, 0.15) is 11.9 Å². The third kappa shape index (κ3) is 3.99. The minimum atomic E-state index is 0.0688. The van der Waals surface area contributed by atoms with Gasteiger partial charge in [-0.25, -0.2) is 0 Å². The molecule has 3 rings (SSSR count). The van der Waals surface area contributed by atoms with E-state index in [9.17, 15) is 4.79 Å². The molecule has 2 aliphatic rings. The van der Waals surface area contributed by atoms with Gasteiger partial charge in [0, 0.05) is 32.5 Å². The molecule has 0 aliphatic carbocycles. The minimum absolute atomic E-state index is 0.0688. The molecule has 5 nitrogen and oxygen atoms in total. The Labute approximate surface area is 131 Å². The topological polar surface area (TPSA) is 50.8 Å². The summed E-state index contributed by atoms with van der Waals surface area (Å²) in [6.45, 7) is 5.01. The molecule has 2 heterocycles. The number of amides is 1. The van der Waals surface area contributed by atoms with Crippen LogP contribution in [0, 0.1) is 0 Å². The van der Waals surface area contributed by atoms with Gasteiger partial charge in [-0.2, -0.15) is 5.06 Å². The number of nitrogens with one attached hydrogen (secondary N) is 1. The molecule has 1 aromatic rings. The molecule has 1 fully saturated rings. The van der Waals surface area contributed by atoms with E-state index in [0.717, 1.165) is 43.7 Å². The van der Waals surface area contributed by atoms with E-state index in [1.807, 2.05) is 17.2 Å². The normalized spacial score (nSPS) is 21.2. The van der Waals surface area contributed by atoms with Crippen molar-refractivity contribution in [1.29, 1.82) is 0 Å². The van der Waals surface area contributed by atoms with Crippen molar-refractivity contribution in [3.8, 4) is 5.75 Å². The summed E-state index contributed by atoms with van der Waals surface area (Å²) >= 11 is 0. The fourth-order valence-electron chi connectivity index (χ4n) is 2.93. The molecule has 0 bridgehead atoms. The van der Waals surface area contributed by atoms with E-state index in [0.29, 0.717) is 19.5 Å². The van der Waals surface area contributed by atoms with Crippen LogP contribution in [0.25, 0.3) is 0 Å². The van der Waals surface area contributed by atoms with Crippen molar-refractivity contribution in [3.05, 3.63) is 29.3 Å². The van der Waals surface area contributed by atoms with Crippen LogP contribution in [0.1, 0.15) is 37.3 Å². The summed E-state index contributed by atoms with van der Waals surface area (Å²) in [5, 5.41) is 4.88. The highest BCUT2D eigenvalue weighted by Gasteiger charge is 2.19. The fraction of sp³-hybridized carbons (Fsp3) is 0.588. The molecule has 1 saturated heterocycles. The maximum absolute atomic E-state index is 11.9. The van der Waals surface area contributed by atoms with E-state index in [-0.39, 0.29) is 12.0 Å². The van der Waals surface area contributed by atoms with Crippen LogP contribution < -0.4 is 10.1 Å². The zero-order valence-corrected chi connectivity index (χ0v) is 13.1. The molecule has 0 unspecified atom stereocenters. The molecule has 1 N–H and O–H groups in total. The van der Waals surface area contributed by atoms with E-state index >= 15 is 0 Å². The van der Waals surface area contributed by atoms with Crippen LogP contribution >= 0.6 is 0 Å². The van der Waals surface area contributed by atoms with Crippen LogP contribution in [0.3, 0.4) is 0 Å². The molecule has 1 aromatic carbocycles. The van der Waals surface area contributed by atoms with Crippen molar-refractivity contribution in [2.45, 2.75) is 45.3 Å². The molecule has 0 spiro atoms. The van der Waals surface area contributed by atoms with Gasteiger partial charge in [-0.05, 0) is 37.0 Å². The first kappa shape index (κ1) is 15.3. The monoisotopic (exact) mass is 304 g/mol. The number of carbonyl (C=O) groups excluding carboxylic acids is 1. The molecule has 0 aromatic heterocycles. The van der Waals surface area contributed by atoms with Crippen molar-refractivity contribution in [1.82, 2.24) is 10.4 Å². The second-order valence-corrected chi connectivity index (χ2v) is 6.07. The van der Waals surface area contributed by atoms with Crippen LogP contribution in [-0.2, 0) is 22.6 Å². The Bertz CT molecular complexity index is 527. The van der Waals surface area contributed by atoms with Crippen molar-refractivity contribution >= 4 is 5.91 Å². The number of hydrogen-bond donors (Lipinski definition) is 1. The number of hydroxylamine groups is 2. The number of benzene rings is 1. The lowest BCUT2D eigenvalue weighted by atomic mass is 10.1. The van der Waals surface area contributed by atoms with E-state index in [1.165, 1.54) is 5.56 Å². The number of fused-ring (bicyclic) bond motifs is 1. The van der Waals surface area contributed by atoms with Gasteiger partial charge in [-0.1, -0.05) is 12.1 Å². The summed E-state index contributed by atoms with van der Waals surface area (Å²) < 4.78 is 5.69. The van der Waals surface area contributed by atoms with Crippen LogP contribution in [0.4, 0.5) is 0 Å². The Morgan fingerprint density at radius 1 is 1.41 bits per heavy atom. The van der Waals surface area contributed by atoms with Gasteiger partial charge in [0.05, 0.1) is 6.61 Å². The fourth-order valence-corrected chi connectivity index (χ4v) is 2.93. The smallest absolute Gasteiger partial charge is 0.221 e. The van der Waals surface area contributed by atoms with Gasteiger partial charge < -0.3 is 10.1 Å². The molecular weight excluding hydrogens is 280 g/mol. The van der Waals surface area contributed by atoms with Crippen LogP contribution in [0.5, 0.6) is 5.75 Å². The van der Waals surface area contributed by atoms with Gasteiger partial charge in [0.2, 0.25) is 5.91 Å². The van der Waals surface area contributed by atoms with Crippen molar-refractivity contribution in [3.63, 3.8) is 0 Å². The van der Waals surface area contributed by atoms with Crippen LogP contribution in [-0.4, -0.2) is 36.8 Å². The second-order valence-electron chi connectivity index (χ2n) is 6.07. The number of hydrogen-bond acceptors (Lipinski definition) is 4. The van der Waals surface area contributed by atoms with Gasteiger partial charge in [-0.15, -0.1) is 0 Å². The Morgan fingerprint density at radius 3 is 3.14 bits per heavy atom. The molecule has 0 radical (unpaired) electrons. The summed E-state index contributed by atoms with van der Waals surface area (Å²) in [6, 6.07) is 6.15. The Morgan fingerprint density at radius 2 is 2.32 bits per heavy atom. The SMILES string of the molecule is C[C@H]1Cc2cc(CNC(=O)CCN3CCCCO3)ccc2O1. The van der Waals surface area contributed by atoms with Gasteiger partial charge in [0.15, 0.2) is 0 Å². The average molecular weight is 304 g/mol. The molecule has 120 valence electrons. The lowest BCUT2D eigenvalue weighted by molar-refractivity contribution is -0.181. The maximum atomic E-state index is 11.9. The predicted octanol–water partition coefficient (Wildman–Crippen LogP) is 2.04. The quantitative estimate of drug-likeness (QED) is 0.904. The Kier molecular flexibility index (Phi) is 4.95. The summed E-state index contributed by atoms with van der Waals surface area (Å²) in [5.74, 6) is 1.05.